The second-order valence-electron chi connectivity index (χ2n) is 5.13. The highest BCUT2D eigenvalue weighted by atomic mass is 32.1. The minimum atomic E-state index is -4.98. The minimum Gasteiger partial charge on any atom is -0.340 e. The number of hydrogen-bond donors (Lipinski definition) is 0. The van der Waals surface area contributed by atoms with Crippen LogP contribution >= 0.6 is 11.3 Å². The van der Waals surface area contributed by atoms with Gasteiger partial charge in [0.25, 0.3) is 0 Å². The Morgan fingerprint density at radius 1 is 1.17 bits per heavy atom. The van der Waals surface area contributed by atoms with E-state index in [1.165, 1.54) is 6.07 Å². The van der Waals surface area contributed by atoms with Gasteiger partial charge in [-0.15, -0.1) is 11.3 Å². The molecule has 120 valence electrons. The van der Waals surface area contributed by atoms with Crippen LogP contribution in [0.2, 0.25) is 0 Å². The van der Waals surface area contributed by atoms with Crippen LogP contribution in [0.15, 0.2) is 29.6 Å². The predicted octanol–water partition coefficient (Wildman–Crippen LogP) is 4.58. The number of fused-ring (bicyclic) bond motifs is 3. The molecule has 0 saturated heterocycles. The smallest absolute Gasteiger partial charge is 0.340 e. The zero-order chi connectivity index (χ0) is 16.8. The van der Waals surface area contributed by atoms with E-state index in [1.54, 1.807) is 23.5 Å². The lowest BCUT2D eigenvalue weighted by molar-refractivity contribution is -0.170. The van der Waals surface area contributed by atoms with Crippen molar-refractivity contribution in [1.29, 1.82) is 0 Å². The molecule has 0 aliphatic heterocycles. The van der Waals surface area contributed by atoms with Crippen molar-refractivity contribution in [1.82, 2.24) is 4.57 Å². The third kappa shape index (κ3) is 2.65. The number of halogens is 3. The maximum Gasteiger partial charge on any atom is 0.450 e. The molecule has 0 N–H and O–H groups in total. The van der Waals surface area contributed by atoms with E-state index in [0.29, 0.717) is 6.54 Å². The summed E-state index contributed by atoms with van der Waals surface area (Å²) in [5, 5.41) is 2.92. The normalized spacial score (nSPS) is 12.2. The van der Waals surface area contributed by atoms with Crippen LogP contribution in [0.3, 0.4) is 0 Å². The van der Waals surface area contributed by atoms with Gasteiger partial charge in [0.05, 0.1) is 22.2 Å². The van der Waals surface area contributed by atoms with Crippen LogP contribution in [0.4, 0.5) is 13.2 Å². The summed E-state index contributed by atoms with van der Waals surface area (Å²) in [7, 11) is 0. The molecule has 7 heteroatoms. The predicted molar refractivity (Wildman–Crippen MR) is 83.0 cm³/mol. The highest BCUT2D eigenvalue weighted by Crippen LogP contribution is 2.33. The minimum absolute atomic E-state index is 0.120. The molecule has 0 aliphatic rings. The molecule has 0 amide bonds. The zero-order valence-corrected chi connectivity index (χ0v) is 12.9. The van der Waals surface area contributed by atoms with E-state index in [1.807, 2.05) is 22.9 Å². The number of carbonyl (C=O) groups excluding carboxylic acids is 2. The standard InChI is InChI=1S/C16H12F3NO2S/c1-2-20-11-5-6-23-15(11)10-4-3-9(7-12(10)20)13(21)8-14(22)16(17,18)19/h3-7H,2,8H2,1H3. The van der Waals surface area contributed by atoms with E-state index in [2.05, 4.69) is 0 Å². The molecule has 3 nitrogen and oxygen atoms in total. The highest BCUT2D eigenvalue weighted by molar-refractivity contribution is 7.18. The lowest BCUT2D eigenvalue weighted by Gasteiger charge is -2.06. The largest absolute Gasteiger partial charge is 0.450 e. The van der Waals surface area contributed by atoms with Gasteiger partial charge in [-0.05, 0) is 24.4 Å². The van der Waals surface area contributed by atoms with Crippen molar-refractivity contribution < 1.29 is 22.8 Å². The number of ketones is 2. The fourth-order valence-electron chi connectivity index (χ4n) is 2.66. The molecule has 0 aliphatic carbocycles. The second kappa shape index (κ2) is 5.49. The molecule has 2 aromatic heterocycles. The summed E-state index contributed by atoms with van der Waals surface area (Å²) in [5.74, 6) is -2.84. The van der Waals surface area contributed by atoms with Gasteiger partial charge < -0.3 is 4.57 Å². The van der Waals surface area contributed by atoms with Crippen molar-refractivity contribution in [2.75, 3.05) is 0 Å². The number of Topliss-reactive ketones (excluding diaryl/α,β-unsaturated/α-hetero) is 2. The number of carbonyl (C=O) groups is 2. The highest BCUT2D eigenvalue weighted by Gasteiger charge is 2.39. The molecule has 0 unspecified atom stereocenters. The fraction of sp³-hybridized carbons (Fsp3) is 0.250. The van der Waals surface area contributed by atoms with E-state index in [-0.39, 0.29) is 5.56 Å². The van der Waals surface area contributed by atoms with Gasteiger partial charge in [0, 0.05) is 17.5 Å². The van der Waals surface area contributed by atoms with Crippen LogP contribution in [-0.2, 0) is 11.3 Å². The number of thiophene rings is 1. The van der Waals surface area contributed by atoms with Crippen LogP contribution in [0.1, 0.15) is 23.7 Å². The third-order valence-electron chi connectivity index (χ3n) is 3.74. The summed E-state index contributed by atoms with van der Waals surface area (Å²) in [4.78, 5) is 23.0. The zero-order valence-electron chi connectivity index (χ0n) is 12.1. The van der Waals surface area contributed by atoms with Gasteiger partial charge in [-0.25, -0.2) is 0 Å². The summed E-state index contributed by atoms with van der Waals surface area (Å²) in [6.07, 6.45) is -6.14. The summed E-state index contributed by atoms with van der Waals surface area (Å²) in [5.41, 5.74) is 1.94. The number of rotatable bonds is 4. The molecule has 0 atom stereocenters. The molecule has 3 rings (SSSR count). The lowest BCUT2D eigenvalue weighted by atomic mass is 10.0. The average molecular weight is 339 g/mol. The van der Waals surface area contributed by atoms with Crippen LogP contribution in [0.5, 0.6) is 0 Å². The van der Waals surface area contributed by atoms with Crippen LogP contribution in [-0.4, -0.2) is 22.3 Å². The first-order valence-electron chi connectivity index (χ1n) is 6.95. The number of hydrogen-bond acceptors (Lipinski definition) is 3. The number of benzene rings is 1. The van der Waals surface area contributed by atoms with E-state index in [4.69, 9.17) is 0 Å². The van der Waals surface area contributed by atoms with Crippen LogP contribution < -0.4 is 0 Å². The van der Waals surface area contributed by atoms with Gasteiger partial charge in [-0.3, -0.25) is 9.59 Å². The number of alkyl halides is 3. The van der Waals surface area contributed by atoms with Gasteiger partial charge in [-0.2, -0.15) is 13.2 Å². The summed E-state index contributed by atoms with van der Waals surface area (Å²) in [6.45, 7) is 2.63. The number of aromatic nitrogens is 1. The van der Waals surface area contributed by atoms with Crippen molar-refractivity contribution in [2.45, 2.75) is 26.1 Å². The Morgan fingerprint density at radius 3 is 2.57 bits per heavy atom. The molecule has 3 aromatic rings. The van der Waals surface area contributed by atoms with Gasteiger partial charge in [-0.1, -0.05) is 12.1 Å². The van der Waals surface area contributed by atoms with Crippen molar-refractivity contribution in [3.63, 3.8) is 0 Å². The van der Waals surface area contributed by atoms with Crippen molar-refractivity contribution in [3.05, 3.63) is 35.2 Å². The second-order valence-corrected chi connectivity index (χ2v) is 6.05. The van der Waals surface area contributed by atoms with Gasteiger partial charge in [0.2, 0.25) is 5.78 Å². The molecule has 0 spiro atoms. The Kier molecular flexibility index (Phi) is 3.75. The molecule has 0 bridgehead atoms. The first kappa shape index (κ1) is 15.7. The number of aryl methyl sites for hydroxylation is 1. The van der Waals surface area contributed by atoms with Gasteiger partial charge in [0.15, 0.2) is 5.78 Å². The van der Waals surface area contributed by atoms with E-state index < -0.39 is 24.2 Å². The maximum atomic E-state index is 12.3. The topological polar surface area (TPSA) is 39.1 Å². The molecule has 0 radical (unpaired) electrons. The Labute approximate surface area is 133 Å². The summed E-state index contributed by atoms with van der Waals surface area (Å²) >= 11 is 1.57. The van der Waals surface area contributed by atoms with Gasteiger partial charge in [0.1, 0.15) is 0 Å². The van der Waals surface area contributed by atoms with E-state index in [9.17, 15) is 22.8 Å². The third-order valence-corrected chi connectivity index (χ3v) is 4.68. The summed E-state index contributed by atoms with van der Waals surface area (Å²) in [6, 6.07) is 6.74. The molecular formula is C16H12F3NO2S. The van der Waals surface area contributed by atoms with Gasteiger partial charge >= 0.3 is 6.18 Å². The van der Waals surface area contributed by atoms with Crippen LogP contribution in [0, 0.1) is 0 Å². The Morgan fingerprint density at radius 2 is 1.91 bits per heavy atom. The van der Waals surface area contributed by atoms with E-state index in [0.717, 1.165) is 21.1 Å². The van der Waals surface area contributed by atoms with Crippen molar-refractivity contribution in [2.24, 2.45) is 0 Å². The SMILES string of the molecule is CCn1c2cc(C(=O)CC(=O)C(F)(F)F)ccc2c2sccc21. The Hall–Kier alpha value is -2.15. The first-order chi connectivity index (χ1) is 10.8. The fourth-order valence-corrected chi connectivity index (χ4v) is 3.59. The maximum absolute atomic E-state index is 12.3. The molecule has 0 fully saturated rings. The van der Waals surface area contributed by atoms with Crippen LogP contribution in [0.25, 0.3) is 21.1 Å². The average Bonchev–Trinajstić information content (AvgIpc) is 3.05. The van der Waals surface area contributed by atoms with Crippen molar-refractivity contribution in [3.8, 4) is 0 Å². The Bertz CT molecular complexity index is 921. The molecule has 23 heavy (non-hydrogen) atoms. The summed E-state index contributed by atoms with van der Waals surface area (Å²) < 4.78 is 40.0. The number of nitrogens with zero attached hydrogens (tertiary/aromatic N) is 1. The molecule has 0 saturated carbocycles. The Balaban J connectivity index is 2.03. The molecule has 2 heterocycles. The first-order valence-corrected chi connectivity index (χ1v) is 7.83. The molecular weight excluding hydrogens is 327 g/mol. The lowest BCUT2D eigenvalue weighted by Crippen LogP contribution is -2.25. The van der Waals surface area contributed by atoms with E-state index >= 15 is 0 Å². The molecule has 1 aromatic carbocycles. The van der Waals surface area contributed by atoms with Crippen molar-refractivity contribution >= 4 is 44.0 Å². The monoisotopic (exact) mass is 339 g/mol. The quantitative estimate of drug-likeness (QED) is 0.515.